The van der Waals surface area contributed by atoms with Gasteiger partial charge in [-0.25, -0.2) is 4.79 Å². The lowest BCUT2D eigenvalue weighted by Gasteiger charge is -2.22. The maximum atomic E-state index is 12.2. The van der Waals surface area contributed by atoms with Crippen LogP contribution in [0.4, 0.5) is 10.5 Å². The number of halogens is 1. The Morgan fingerprint density at radius 1 is 1.29 bits per heavy atom. The van der Waals surface area contributed by atoms with Crippen molar-refractivity contribution >= 4 is 29.3 Å². The summed E-state index contributed by atoms with van der Waals surface area (Å²) in [7, 11) is 2.86. The minimum Gasteiger partial charge on any atom is -0.469 e. The molecule has 0 saturated carbocycles. The Labute approximate surface area is 129 Å². The molecule has 1 aromatic carbocycles. The molecule has 0 unspecified atom stereocenters. The average Bonchev–Trinajstić information content (AvgIpc) is 2.46. The van der Waals surface area contributed by atoms with Gasteiger partial charge in [-0.05, 0) is 18.2 Å². The van der Waals surface area contributed by atoms with E-state index in [0.717, 1.165) is 0 Å². The molecule has 0 heterocycles. The number of ether oxygens (including phenoxy) is 2. The number of benzene rings is 1. The highest BCUT2D eigenvalue weighted by atomic mass is 35.5. The highest BCUT2D eigenvalue weighted by Crippen LogP contribution is 2.15. The van der Waals surface area contributed by atoms with Gasteiger partial charge in [0.25, 0.3) is 0 Å². The Bertz CT molecular complexity index is 482. The Morgan fingerprint density at radius 2 is 2.05 bits per heavy atom. The highest BCUT2D eigenvalue weighted by molar-refractivity contribution is 6.30. The molecule has 0 bridgehead atoms. The van der Waals surface area contributed by atoms with Crippen LogP contribution in [0.2, 0.25) is 5.02 Å². The van der Waals surface area contributed by atoms with Crippen LogP contribution in [0.5, 0.6) is 0 Å². The number of anilines is 1. The molecule has 7 heteroatoms. The first-order valence-corrected chi connectivity index (χ1v) is 6.82. The van der Waals surface area contributed by atoms with Crippen LogP contribution < -0.4 is 5.32 Å². The van der Waals surface area contributed by atoms with Crippen molar-refractivity contribution in [2.24, 2.45) is 0 Å². The minimum atomic E-state index is -0.368. The Morgan fingerprint density at radius 3 is 2.67 bits per heavy atom. The molecule has 0 aromatic heterocycles. The van der Waals surface area contributed by atoms with Crippen molar-refractivity contribution in [1.82, 2.24) is 4.90 Å². The molecule has 1 N–H and O–H groups in total. The van der Waals surface area contributed by atoms with E-state index in [9.17, 15) is 9.59 Å². The first kappa shape index (κ1) is 17.3. The Kier molecular flexibility index (Phi) is 7.56. The SMILES string of the molecule is COCCN(CCC(=O)OC)C(=O)Nc1cccc(Cl)c1. The molecule has 21 heavy (non-hydrogen) atoms. The van der Waals surface area contributed by atoms with Gasteiger partial charge in [-0.3, -0.25) is 4.79 Å². The fourth-order valence-electron chi connectivity index (χ4n) is 1.61. The van der Waals surface area contributed by atoms with E-state index in [0.29, 0.717) is 23.9 Å². The number of amides is 2. The minimum absolute atomic E-state index is 0.128. The molecule has 1 aromatic rings. The standard InChI is InChI=1S/C14H19ClN2O4/c1-20-9-8-17(7-6-13(18)21-2)14(19)16-12-5-3-4-11(15)10-12/h3-5,10H,6-9H2,1-2H3,(H,16,19). The number of rotatable bonds is 7. The van der Waals surface area contributed by atoms with Crippen molar-refractivity contribution < 1.29 is 19.1 Å². The molecular formula is C14H19ClN2O4. The number of hydrogen-bond acceptors (Lipinski definition) is 4. The zero-order valence-electron chi connectivity index (χ0n) is 12.1. The van der Waals surface area contributed by atoms with Crippen molar-refractivity contribution in [3.8, 4) is 0 Å². The molecule has 0 spiro atoms. The number of carbonyl (C=O) groups excluding carboxylic acids is 2. The third-order valence-corrected chi connectivity index (χ3v) is 2.98. The van der Waals surface area contributed by atoms with Crippen LogP contribution in [-0.2, 0) is 14.3 Å². The Hall–Kier alpha value is -1.79. The predicted molar refractivity (Wildman–Crippen MR) is 80.6 cm³/mol. The molecule has 0 atom stereocenters. The molecule has 0 radical (unpaired) electrons. The van der Waals surface area contributed by atoms with Gasteiger partial charge in [0.2, 0.25) is 0 Å². The van der Waals surface area contributed by atoms with Gasteiger partial charge in [-0.15, -0.1) is 0 Å². The lowest BCUT2D eigenvalue weighted by Crippen LogP contribution is -2.38. The van der Waals surface area contributed by atoms with Crippen molar-refractivity contribution in [2.45, 2.75) is 6.42 Å². The van der Waals surface area contributed by atoms with Crippen LogP contribution in [0.1, 0.15) is 6.42 Å². The lowest BCUT2D eigenvalue weighted by atomic mass is 10.3. The first-order chi connectivity index (χ1) is 10.1. The van der Waals surface area contributed by atoms with E-state index in [2.05, 4.69) is 10.1 Å². The van der Waals surface area contributed by atoms with Crippen LogP contribution in [0.25, 0.3) is 0 Å². The number of nitrogens with zero attached hydrogens (tertiary/aromatic N) is 1. The van der Waals surface area contributed by atoms with E-state index >= 15 is 0 Å². The van der Waals surface area contributed by atoms with Gasteiger partial charge < -0.3 is 19.7 Å². The predicted octanol–water partition coefficient (Wildman–Crippen LogP) is 2.38. The average molecular weight is 315 g/mol. The van der Waals surface area contributed by atoms with Crippen LogP contribution in [-0.4, -0.2) is 50.8 Å². The molecule has 0 aliphatic carbocycles. The van der Waals surface area contributed by atoms with Gasteiger partial charge >= 0.3 is 12.0 Å². The van der Waals surface area contributed by atoms with Gasteiger partial charge in [0, 0.05) is 30.9 Å². The third kappa shape index (κ3) is 6.46. The van der Waals surface area contributed by atoms with E-state index < -0.39 is 0 Å². The summed E-state index contributed by atoms with van der Waals surface area (Å²) in [5, 5.41) is 3.26. The van der Waals surface area contributed by atoms with E-state index in [-0.39, 0.29) is 25.0 Å². The summed E-state index contributed by atoms with van der Waals surface area (Å²) in [4.78, 5) is 24.9. The second kappa shape index (κ2) is 9.20. The number of urea groups is 1. The van der Waals surface area contributed by atoms with E-state index in [4.69, 9.17) is 16.3 Å². The molecule has 2 amide bonds. The van der Waals surface area contributed by atoms with Gasteiger partial charge in [0.15, 0.2) is 0 Å². The van der Waals surface area contributed by atoms with Crippen LogP contribution in [0.3, 0.4) is 0 Å². The summed E-state index contributed by atoms with van der Waals surface area (Å²) in [6, 6.07) is 6.52. The van der Waals surface area contributed by atoms with Crippen molar-refractivity contribution in [3.63, 3.8) is 0 Å². The fourth-order valence-corrected chi connectivity index (χ4v) is 1.80. The Balaban J connectivity index is 2.63. The topological polar surface area (TPSA) is 67.9 Å². The van der Waals surface area contributed by atoms with Crippen molar-refractivity contribution in [1.29, 1.82) is 0 Å². The zero-order valence-corrected chi connectivity index (χ0v) is 12.9. The second-order valence-corrected chi connectivity index (χ2v) is 4.68. The molecule has 0 aliphatic rings. The molecule has 6 nitrogen and oxygen atoms in total. The zero-order chi connectivity index (χ0) is 15.7. The summed E-state index contributed by atoms with van der Waals surface area (Å²) < 4.78 is 9.54. The van der Waals surface area contributed by atoms with Crippen LogP contribution >= 0.6 is 11.6 Å². The maximum absolute atomic E-state index is 12.2. The molecule has 0 fully saturated rings. The summed E-state index contributed by atoms with van der Waals surface area (Å²) in [6.45, 7) is 1.01. The van der Waals surface area contributed by atoms with Crippen molar-refractivity contribution in [2.75, 3.05) is 39.2 Å². The summed E-state index contributed by atoms with van der Waals surface area (Å²) >= 11 is 5.87. The van der Waals surface area contributed by atoms with E-state index in [1.165, 1.54) is 12.0 Å². The van der Waals surface area contributed by atoms with Gasteiger partial charge in [-0.2, -0.15) is 0 Å². The van der Waals surface area contributed by atoms with Crippen LogP contribution in [0.15, 0.2) is 24.3 Å². The van der Waals surface area contributed by atoms with Gasteiger partial charge in [-0.1, -0.05) is 17.7 Å². The van der Waals surface area contributed by atoms with Crippen LogP contribution in [0, 0.1) is 0 Å². The van der Waals surface area contributed by atoms with Crippen molar-refractivity contribution in [3.05, 3.63) is 29.3 Å². The summed E-state index contributed by atoms with van der Waals surface area (Å²) in [6.07, 6.45) is 0.128. The largest absolute Gasteiger partial charge is 0.469 e. The summed E-state index contributed by atoms with van der Waals surface area (Å²) in [5.41, 5.74) is 0.591. The monoisotopic (exact) mass is 314 g/mol. The normalized spacial score (nSPS) is 10.0. The van der Waals surface area contributed by atoms with Gasteiger partial charge in [0.05, 0.1) is 20.1 Å². The van der Waals surface area contributed by atoms with E-state index in [1.54, 1.807) is 31.4 Å². The number of carbonyl (C=O) groups is 2. The number of methoxy groups -OCH3 is 2. The van der Waals surface area contributed by atoms with Gasteiger partial charge in [0.1, 0.15) is 0 Å². The first-order valence-electron chi connectivity index (χ1n) is 6.44. The van der Waals surface area contributed by atoms with E-state index in [1.807, 2.05) is 0 Å². The number of nitrogens with one attached hydrogen (secondary N) is 1. The summed E-state index contributed by atoms with van der Waals surface area (Å²) in [5.74, 6) is -0.368. The quantitative estimate of drug-likeness (QED) is 0.785. The molecule has 0 saturated heterocycles. The number of esters is 1. The third-order valence-electron chi connectivity index (χ3n) is 2.74. The fraction of sp³-hybridized carbons (Fsp3) is 0.429. The highest BCUT2D eigenvalue weighted by Gasteiger charge is 2.15. The molecule has 1 rings (SSSR count). The maximum Gasteiger partial charge on any atom is 0.321 e. The smallest absolute Gasteiger partial charge is 0.321 e. The molecule has 0 aliphatic heterocycles. The molecule has 116 valence electrons. The lowest BCUT2D eigenvalue weighted by molar-refractivity contribution is -0.140. The number of hydrogen-bond donors (Lipinski definition) is 1. The molecular weight excluding hydrogens is 296 g/mol. The second-order valence-electron chi connectivity index (χ2n) is 4.25.